The van der Waals surface area contributed by atoms with Gasteiger partial charge in [0.15, 0.2) is 0 Å². The summed E-state index contributed by atoms with van der Waals surface area (Å²) in [6.07, 6.45) is 5.18. The molecule has 0 aliphatic heterocycles. The molecule has 4 heteroatoms. The summed E-state index contributed by atoms with van der Waals surface area (Å²) < 4.78 is 0. The number of rotatable bonds is 4. The topological polar surface area (TPSA) is 40.5 Å². The molecule has 1 saturated carbocycles. The van der Waals surface area contributed by atoms with Crippen molar-refractivity contribution in [2.45, 2.75) is 45.2 Å². The Morgan fingerprint density at radius 2 is 2.06 bits per heavy atom. The normalized spacial score (nSPS) is 24.4. The zero-order valence-corrected chi connectivity index (χ0v) is 11.9. The number of hydrogen-bond acceptors (Lipinski definition) is 3. The van der Waals surface area contributed by atoms with Gasteiger partial charge in [-0.2, -0.15) is 0 Å². The second-order valence-electron chi connectivity index (χ2n) is 5.40. The molecular formula is C14H21NO2S. The molecule has 1 aliphatic carbocycles. The van der Waals surface area contributed by atoms with Crippen molar-refractivity contribution in [2.24, 2.45) is 5.92 Å². The molecule has 3 nitrogen and oxygen atoms in total. The number of carbonyl (C=O) groups is 1. The van der Waals surface area contributed by atoms with E-state index < -0.39 is 5.97 Å². The summed E-state index contributed by atoms with van der Waals surface area (Å²) >= 11 is 1.39. The fraction of sp³-hybridized carbons (Fsp3) is 0.643. The van der Waals surface area contributed by atoms with Gasteiger partial charge in [-0.1, -0.05) is 6.92 Å². The van der Waals surface area contributed by atoms with Crippen LogP contribution in [0.5, 0.6) is 0 Å². The van der Waals surface area contributed by atoms with Crippen molar-refractivity contribution in [3.05, 3.63) is 21.9 Å². The lowest BCUT2D eigenvalue weighted by Crippen LogP contribution is -2.34. The molecule has 0 radical (unpaired) electrons. The van der Waals surface area contributed by atoms with E-state index in [0.717, 1.165) is 17.3 Å². The Labute approximate surface area is 112 Å². The van der Waals surface area contributed by atoms with E-state index >= 15 is 0 Å². The molecule has 0 amide bonds. The van der Waals surface area contributed by atoms with Crippen LogP contribution < -0.4 is 0 Å². The molecule has 1 N–H and O–H groups in total. The summed E-state index contributed by atoms with van der Waals surface area (Å²) in [5, 5.41) is 8.91. The van der Waals surface area contributed by atoms with Gasteiger partial charge in [0.2, 0.25) is 0 Å². The van der Waals surface area contributed by atoms with Crippen LogP contribution in [-0.2, 0) is 6.54 Å². The molecule has 1 heterocycles. The summed E-state index contributed by atoms with van der Waals surface area (Å²) in [6.45, 7) is 3.20. The van der Waals surface area contributed by atoms with Gasteiger partial charge in [0.25, 0.3) is 0 Å². The van der Waals surface area contributed by atoms with Crippen molar-refractivity contribution in [1.29, 1.82) is 0 Å². The van der Waals surface area contributed by atoms with Gasteiger partial charge in [-0.15, -0.1) is 11.3 Å². The number of nitrogens with zero attached hydrogens (tertiary/aromatic N) is 1. The lowest BCUT2D eigenvalue weighted by atomic mass is 9.87. The maximum atomic E-state index is 10.8. The summed E-state index contributed by atoms with van der Waals surface area (Å²) in [5.41, 5.74) is 0. The highest BCUT2D eigenvalue weighted by atomic mass is 32.1. The van der Waals surface area contributed by atoms with E-state index in [2.05, 4.69) is 18.9 Å². The molecule has 0 bridgehead atoms. The SMILES string of the molecule is CC1CCC(N(C)Cc2ccc(C(=O)O)s2)CC1. The molecule has 0 spiro atoms. The van der Waals surface area contributed by atoms with Crippen molar-refractivity contribution in [3.8, 4) is 0 Å². The van der Waals surface area contributed by atoms with Crippen LogP contribution in [0, 0.1) is 5.92 Å². The quantitative estimate of drug-likeness (QED) is 0.908. The first-order valence-electron chi connectivity index (χ1n) is 6.58. The van der Waals surface area contributed by atoms with Crippen LogP contribution in [-0.4, -0.2) is 29.1 Å². The van der Waals surface area contributed by atoms with Crippen LogP contribution in [0.3, 0.4) is 0 Å². The van der Waals surface area contributed by atoms with E-state index in [1.807, 2.05) is 6.07 Å². The first kappa shape index (κ1) is 13.6. The minimum atomic E-state index is -0.819. The minimum absolute atomic E-state index is 0.440. The van der Waals surface area contributed by atoms with Crippen LogP contribution in [0.1, 0.15) is 47.2 Å². The van der Waals surface area contributed by atoms with Gasteiger partial charge < -0.3 is 5.11 Å². The molecule has 1 aromatic heterocycles. The lowest BCUT2D eigenvalue weighted by molar-refractivity contribution is 0.0702. The fourth-order valence-corrected chi connectivity index (χ4v) is 3.55. The van der Waals surface area contributed by atoms with Crippen LogP contribution in [0.4, 0.5) is 0 Å². The smallest absolute Gasteiger partial charge is 0.345 e. The number of carboxylic acid groups (broad SMARTS) is 1. The van der Waals surface area contributed by atoms with E-state index in [0.29, 0.717) is 10.9 Å². The monoisotopic (exact) mass is 267 g/mol. The molecule has 1 aromatic rings. The van der Waals surface area contributed by atoms with Crippen molar-refractivity contribution in [1.82, 2.24) is 4.90 Å². The highest BCUT2D eigenvalue weighted by molar-refractivity contribution is 7.13. The molecule has 100 valence electrons. The largest absolute Gasteiger partial charge is 0.477 e. The Kier molecular flexibility index (Phi) is 4.40. The maximum absolute atomic E-state index is 10.8. The summed E-state index contributed by atoms with van der Waals surface area (Å²) in [4.78, 5) is 14.8. The Balaban J connectivity index is 1.90. The predicted molar refractivity (Wildman–Crippen MR) is 74.2 cm³/mol. The van der Waals surface area contributed by atoms with Crippen LogP contribution in [0.2, 0.25) is 0 Å². The fourth-order valence-electron chi connectivity index (χ4n) is 2.64. The molecule has 0 saturated heterocycles. The zero-order valence-electron chi connectivity index (χ0n) is 11.1. The molecule has 1 aliphatic rings. The van der Waals surface area contributed by atoms with E-state index in [4.69, 9.17) is 5.11 Å². The third-order valence-electron chi connectivity index (χ3n) is 3.89. The predicted octanol–water partition coefficient (Wildman–Crippen LogP) is 3.46. The highest BCUT2D eigenvalue weighted by Gasteiger charge is 2.22. The number of hydrogen-bond donors (Lipinski definition) is 1. The second kappa shape index (κ2) is 5.85. The Bertz CT molecular complexity index is 408. The van der Waals surface area contributed by atoms with Gasteiger partial charge >= 0.3 is 5.97 Å². The third-order valence-corrected chi connectivity index (χ3v) is 4.94. The van der Waals surface area contributed by atoms with Crippen molar-refractivity contribution >= 4 is 17.3 Å². The van der Waals surface area contributed by atoms with Crippen molar-refractivity contribution in [2.75, 3.05) is 7.05 Å². The van der Waals surface area contributed by atoms with E-state index in [9.17, 15) is 4.79 Å². The van der Waals surface area contributed by atoms with Gasteiger partial charge in [-0.05, 0) is 50.8 Å². The van der Waals surface area contributed by atoms with Crippen molar-refractivity contribution < 1.29 is 9.90 Å². The molecule has 0 unspecified atom stereocenters. The van der Waals surface area contributed by atoms with Crippen LogP contribution in [0.15, 0.2) is 12.1 Å². The third kappa shape index (κ3) is 3.33. The molecule has 1 fully saturated rings. The lowest BCUT2D eigenvalue weighted by Gasteiger charge is -2.33. The minimum Gasteiger partial charge on any atom is -0.477 e. The first-order chi connectivity index (χ1) is 8.56. The highest BCUT2D eigenvalue weighted by Crippen LogP contribution is 2.28. The van der Waals surface area contributed by atoms with Gasteiger partial charge in [0.1, 0.15) is 4.88 Å². The Morgan fingerprint density at radius 1 is 1.39 bits per heavy atom. The summed E-state index contributed by atoms with van der Waals surface area (Å²) in [6, 6.07) is 4.31. The molecule has 0 aromatic carbocycles. The summed E-state index contributed by atoms with van der Waals surface area (Å²) in [5.74, 6) is 0.0513. The molecular weight excluding hydrogens is 246 g/mol. The average molecular weight is 267 g/mol. The van der Waals surface area contributed by atoms with E-state index in [1.165, 1.54) is 37.0 Å². The average Bonchev–Trinajstić information content (AvgIpc) is 2.78. The maximum Gasteiger partial charge on any atom is 0.345 e. The van der Waals surface area contributed by atoms with Gasteiger partial charge in [0, 0.05) is 17.5 Å². The molecule has 2 rings (SSSR count). The zero-order chi connectivity index (χ0) is 13.1. The number of thiophene rings is 1. The Hall–Kier alpha value is -0.870. The number of carboxylic acids is 1. The molecule has 18 heavy (non-hydrogen) atoms. The standard InChI is InChI=1S/C14H21NO2S/c1-10-3-5-11(6-4-10)15(2)9-12-7-8-13(18-12)14(16)17/h7-8,10-11H,3-6,9H2,1-2H3,(H,16,17). The first-order valence-corrected chi connectivity index (χ1v) is 7.40. The van der Waals surface area contributed by atoms with E-state index in [1.54, 1.807) is 6.07 Å². The van der Waals surface area contributed by atoms with Crippen molar-refractivity contribution in [3.63, 3.8) is 0 Å². The van der Waals surface area contributed by atoms with Crippen LogP contribution >= 0.6 is 11.3 Å². The molecule has 0 atom stereocenters. The van der Waals surface area contributed by atoms with Gasteiger partial charge in [0.05, 0.1) is 0 Å². The summed E-state index contributed by atoms with van der Waals surface area (Å²) in [7, 11) is 2.15. The second-order valence-corrected chi connectivity index (χ2v) is 6.57. The van der Waals surface area contributed by atoms with Gasteiger partial charge in [-0.3, -0.25) is 4.90 Å². The van der Waals surface area contributed by atoms with Crippen LogP contribution in [0.25, 0.3) is 0 Å². The Morgan fingerprint density at radius 3 is 2.61 bits per heavy atom. The van der Waals surface area contributed by atoms with E-state index in [-0.39, 0.29) is 0 Å². The van der Waals surface area contributed by atoms with Gasteiger partial charge in [-0.25, -0.2) is 4.79 Å². The number of aromatic carboxylic acids is 1.